The summed E-state index contributed by atoms with van der Waals surface area (Å²) in [5.41, 5.74) is 1.93. The maximum Gasteiger partial charge on any atom is 0.325 e. The SMILES string of the molecule is Cc1ccc(NC(=O)CN2C(=O)N[C@@]3(CCCC[C@H]3C)C2=O)c(C)c1. The minimum atomic E-state index is -0.824. The van der Waals surface area contributed by atoms with Crippen LogP contribution in [0.3, 0.4) is 0 Å². The van der Waals surface area contributed by atoms with Crippen LogP contribution in [0.5, 0.6) is 0 Å². The molecule has 0 unspecified atom stereocenters. The molecule has 134 valence electrons. The van der Waals surface area contributed by atoms with Gasteiger partial charge in [-0.15, -0.1) is 0 Å². The van der Waals surface area contributed by atoms with E-state index in [0.29, 0.717) is 12.1 Å². The van der Waals surface area contributed by atoms with Crippen molar-refractivity contribution in [3.63, 3.8) is 0 Å². The topological polar surface area (TPSA) is 78.5 Å². The first kappa shape index (κ1) is 17.5. The van der Waals surface area contributed by atoms with Gasteiger partial charge < -0.3 is 10.6 Å². The predicted octanol–water partition coefficient (Wildman–Crippen LogP) is 2.74. The lowest BCUT2D eigenvalue weighted by Crippen LogP contribution is -2.54. The van der Waals surface area contributed by atoms with Crippen molar-refractivity contribution in [1.82, 2.24) is 10.2 Å². The molecule has 2 aliphatic rings. The molecule has 1 spiro atoms. The van der Waals surface area contributed by atoms with Crippen molar-refractivity contribution in [2.24, 2.45) is 5.92 Å². The van der Waals surface area contributed by atoms with E-state index in [0.717, 1.165) is 35.3 Å². The third-order valence-electron chi connectivity index (χ3n) is 5.46. The molecular weight excluding hydrogens is 318 g/mol. The number of amides is 4. The molecule has 1 aliphatic carbocycles. The Labute approximate surface area is 148 Å². The number of aryl methyl sites for hydroxylation is 2. The normalized spacial score (nSPS) is 26.0. The van der Waals surface area contributed by atoms with E-state index in [1.54, 1.807) is 0 Å². The zero-order valence-corrected chi connectivity index (χ0v) is 15.0. The van der Waals surface area contributed by atoms with Crippen molar-refractivity contribution in [3.05, 3.63) is 29.3 Å². The van der Waals surface area contributed by atoms with Gasteiger partial charge in [0.2, 0.25) is 5.91 Å². The fraction of sp³-hybridized carbons (Fsp3) is 0.526. The van der Waals surface area contributed by atoms with Crippen LogP contribution in [0, 0.1) is 19.8 Å². The molecule has 1 aromatic carbocycles. The molecule has 1 aromatic rings. The summed E-state index contributed by atoms with van der Waals surface area (Å²) in [7, 11) is 0. The van der Waals surface area contributed by atoms with Crippen LogP contribution in [0.15, 0.2) is 18.2 Å². The number of imide groups is 1. The molecule has 2 N–H and O–H groups in total. The molecule has 6 heteroatoms. The smallest absolute Gasteiger partial charge is 0.324 e. The van der Waals surface area contributed by atoms with E-state index >= 15 is 0 Å². The van der Waals surface area contributed by atoms with Crippen molar-refractivity contribution in [2.45, 2.75) is 52.0 Å². The van der Waals surface area contributed by atoms with Crippen LogP contribution in [0.4, 0.5) is 10.5 Å². The van der Waals surface area contributed by atoms with Gasteiger partial charge >= 0.3 is 6.03 Å². The summed E-state index contributed by atoms with van der Waals surface area (Å²) in [6.45, 7) is 5.63. The summed E-state index contributed by atoms with van der Waals surface area (Å²) in [5, 5.41) is 5.66. The number of carbonyl (C=O) groups excluding carboxylic acids is 3. The Morgan fingerprint density at radius 3 is 2.76 bits per heavy atom. The minimum absolute atomic E-state index is 0.0881. The Kier molecular flexibility index (Phi) is 4.54. The van der Waals surface area contributed by atoms with Crippen molar-refractivity contribution in [2.75, 3.05) is 11.9 Å². The third kappa shape index (κ3) is 3.13. The average molecular weight is 343 g/mol. The fourth-order valence-electron chi connectivity index (χ4n) is 3.93. The number of rotatable bonds is 3. The molecule has 2 fully saturated rings. The van der Waals surface area contributed by atoms with Crippen molar-refractivity contribution in [1.29, 1.82) is 0 Å². The summed E-state index contributed by atoms with van der Waals surface area (Å²) in [6, 6.07) is 5.26. The predicted molar refractivity (Wildman–Crippen MR) is 95.2 cm³/mol. The minimum Gasteiger partial charge on any atom is -0.324 e. The third-order valence-corrected chi connectivity index (χ3v) is 5.46. The summed E-state index contributed by atoms with van der Waals surface area (Å²) < 4.78 is 0. The second-order valence-corrected chi connectivity index (χ2v) is 7.31. The van der Waals surface area contributed by atoms with E-state index in [9.17, 15) is 14.4 Å². The molecule has 1 saturated heterocycles. The quantitative estimate of drug-likeness (QED) is 0.828. The van der Waals surface area contributed by atoms with Gasteiger partial charge in [-0.2, -0.15) is 0 Å². The highest BCUT2D eigenvalue weighted by molar-refractivity contribution is 6.10. The van der Waals surface area contributed by atoms with Gasteiger partial charge in [-0.05, 0) is 44.2 Å². The molecule has 2 atom stereocenters. The van der Waals surface area contributed by atoms with E-state index in [-0.39, 0.29) is 24.3 Å². The van der Waals surface area contributed by atoms with E-state index in [2.05, 4.69) is 10.6 Å². The first-order valence-electron chi connectivity index (χ1n) is 8.85. The van der Waals surface area contributed by atoms with Crippen molar-refractivity contribution in [3.8, 4) is 0 Å². The largest absolute Gasteiger partial charge is 0.325 e. The Hall–Kier alpha value is -2.37. The van der Waals surface area contributed by atoms with Gasteiger partial charge in [0.15, 0.2) is 0 Å². The van der Waals surface area contributed by atoms with Gasteiger partial charge in [0.1, 0.15) is 12.1 Å². The molecule has 1 aliphatic heterocycles. The zero-order chi connectivity index (χ0) is 18.2. The van der Waals surface area contributed by atoms with Gasteiger partial charge in [-0.3, -0.25) is 14.5 Å². The summed E-state index contributed by atoms with van der Waals surface area (Å²) in [5.74, 6) is -0.540. The number of hydrogen-bond donors (Lipinski definition) is 2. The standard InChI is InChI=1S/C19H25N3O3/c1-12-7-8-15(13(2)10-12)20-16(23)11-22-17(24)19(21-18(22)25)9-5-4-6-14(19)3/h7-8,10,14H,4-6,9,11H2,1-3H3,(H,20,23)(H,21,25)/t14-,19-/m1/s1. The zero-order valence-electron chi connectivity index (χ0n) is 15.0. The molecule has 3 rings (SSSR count). The first-order chi connectivity index (χ1) is 11.8. The Balaban J connectivity index is 1.71. The molecule has 4 amide bonds. The average Bonchev–Trinajstić information content (AvgIpc) is 2.78. The van der Waals surface area contributed by atoms with Crippen LogP contribution in [0.2, 0.25) is 0 Å². The highest BCUT2D eigenvalue weighted by Gasteiger charge is 2.55. The van der Waals surface area contributed by atoms with E-state index < -0.39 is 11.6 Å². The van der Waals surface area contributed by atoms with E-state index in [1.807, 2.05) is 39.0 Å². The Morgan fingerprint density at radius 2 is 2.08 bits per heavy atom. The molecule has 1 saturated carbocycles. The molecular formula is C19H25N3O3. The van der Waals surface area contributed by atoms with Crippen LogP contribution in [0.1, 0.15) is 43.7 Å². The van der Waals surface area contributed by atoms with Crippen molar-refractivity contribution < 1.29 is 14.4 Å². The highest BCUT2D eigenvalue weighted by Crippen LogP contribution is 2.38. The maximum atomic E-state index is 12.9. The number of nitrogens with one attached hydrogen (secondary N) is 2. The monoisotopic (exact) mass is 343 g/mol. The molecule has 6 nitrogen and oxygen atoms in total. The maximum absolute atomic E-state index is 12.9. The summed E-state index contributed by atoms with van der Waals surface area (Å²) >= 11 is 0. The summed E-state index contributed by atoms with van der Waals surface area (Å²) in [6.07, 6.45) is 3.54. The molecule has 0 radical (unpaired) electrons. The van der Waals surface area contributed by atoms with Gasteiger partial charge in [-0.1, -0.05) is 37.5 Å². The van der Waals surface area contributed by atoms with Crippen molar-refractivity contribution >= 4 is 23.5 Å². The van der Waals surface area contributed by atoms with E-state index in [1.165, 1.54) is 0 Å². The number of nitrogens with zero attached hydrogens (tertiary/aromatic N) is 1. The Morgan fingerprint density at radius 1 is 1.32 bits per heavy atom. The van der Waals surface area contributed by atoms with Gasteiger partial charge in [0.05, 0.1) is 0 Å². The van der Waals surface area contributed by atoms with Crippen LogP contribution >= 0.6 is 0 Å². The number of carbonyl (C=O) groups is 3. The number of benzene rings is 1. The van der Waals surface area contributed by atoms with E-state index in [4.69, 9.17) is 0 Å². The fourth-order valence-corrected chi connectivity index (χ4v) is 3.93. The number of anilines is 1. The second kappa shape index (κ2) is 6.50. The molecule has 0 aromatic heterocycles. The highest BCUT2D eigenvalue weighted by atomic mass is 16.2. The summed E-state index contributed by atoms with van der Waals surface area (Å²) in [4.78, 5) is 38.6. The number of urea groups is 1. The number of hydrogen-bond acceptors (Lipinski definition) is 3. The molecule has 1 heterocycles. The molecule has 0 bridgehead atoms. The van der Waals surface area contributed by atoms with Gasteiger partial charge in [0, 0.05) is 5.69 Å². The van der Waals surface area contributed by atoms with Gasteiger partial charge in [0.25, 0.3) is 5.91 Å². The van der Waals surface area contributed by atoms with Crippen LogP contribution in [-0.4, -0.2) is 34.8 Å². The lowest BCUT2D eigenvalue weighted by atomic mass is 9.73. The lowest BCUT2D eigenvalue weighted by molar-refractivity contribution is -0.136. The second-order valence-electron chi connectivity index (χ2n) is 7.31. The molecule has 25 heavy (non-hydrogen) atoms. The van der Waals surface area contributed by atoms with Crippen LogP contribution < -0.4 is 10.6 Å². The first-order valence-corrected chi connectivity index (χ1v) is 8.85. The van der Waals surface area contributed by atoms with Crippen LogP contribution in [0.25, 0.3) is 0 Å². The lowest BCUT2D eigenvalue weighted by Gasteiger charge is -2.36. The van der Waals surface area contributed by atoms with Crippen LogP contribution in [-0.2, 0) is 9.59 Å². The Bertz CT molecular complexity index is 731. The van der Waals surface area contributed by atoms with Gasteiger partial charge in [-0.25, -0.2) is 4.79 Å².